The van der Waals surface area contributed by atoms with Crippen LogP contribution in [0.2, 0.25) is 0 Å². The average Bonchev–Trinajstić information content (AvgIpc) is 2.88. The summed E-state index contributed by atoms with van der Waals surface area (Å²) in [7, 11) is 0. The average molecular weight is 312 g/mol. The molecule has 4 rings (SSSR count). The number of aryl methyl sites for hydroxylation is 2. The Bertz CT molecular complexity index is 911. The van der Waals surface area contributed by atoms with Gasteiger partial charge in [0, 0.05) is 28.7 Å². The molecule has 4 heteroatoms. The Balaban J connectivity index is 1.95. The molecule has 2 nitrogen and oxygen atoms in total. The molecule has 2 heterocycles. The van der Waals surface area contributed by atoms with Gasteiger partial charge >= 0.3 is 0 Å². The van der Waals surface area contributed by atoms with E-state index in [1.54, 1.807) is 0 Å². The Morgan fingerprint density at radius 1 is 1.09 bits per heavy atom. The van der Waals surface area contributed by atoms with Gasteiger partial charge in [0.25, 0.3) is 0 Å². The van der Waals surface area contributed by atoms with Crippen molar-refractivity contribution in [1.29, 1.82) is 0 Å². The van der Waals surface area contributed by atoms with Crippen LogP contribution in [0.5, 0.6) is 0 Å². The van der Waals surface area contributed by atoms with Crippen LogP contribution >= 0.6 is 0 Å². The molecular weight excluding hydrogens is 294 g/mol. The first-order valence-electron chi connectivity index (χ1n) is 7.84. The Kier molecular flexibility index (Phi) is 3.23. The third kappa shape index (κ3) is 2.25. The molecule has 0 saturated carbocycles. The quantitative estimate of drug-likeness (QED) is 0.689. The summed E-state index contributed by atoms with van der Waals surface area (Å²) in [6.45, 7) is 4.91. The van der Waals surface area contributed by atoms with Gasteiger partial charge in [-0.25, -0.2) is 8.78 Å². The summed E-state index contributed by atoms with van der Waals surface area (Å²) < 4.78 is 27.8. The van der Waals surface area contributed by atoms with Crippen LogP contribution < -0.4 is 5.32 Å². The SMILES string of the molecule is Cc1cc(C)c2c3c([nH]c2c1)C(c1cc(F)ccc1F)NCC3. The van der Waals surface area contributed by atoms with Crippen LogP contribution in [0.25, 0.3) is 10.9 Å². The smallest absolute Gasteiger partial charge is 0.128 e. The van der Waals surface area contributed by atoms with Gasteiger partial charge in [-0.3, -0.25) is 0 Å². The lowest BCUT2D eigenvalue weighted by Crippen LogP contribution is -2.31. The minimum absolute atomic E-state index is 0.346. The molecule has 118 valence electrons. The Morgan fingerprint density at radius 3 is 2.74 bits per heavy atom. The molecule has 0 aliphatic carbocycles. The van der Waals surface area contributed by atoms with Crippen molar-refractivity contribution in [3.63, 3.8) is 0 Å². The van der Waals surface area contributed by atoms with Crippen LogP contribution in [0.3, 0.4) is 0 Å². The van der Waals surface area contributed by atoms with Crippen LogP contribution in [-0.4, -0.2) is 11.5 Å². The topological polar surface area (TPSA) is 27.8 Å². The fourth-order valence-corrected chi connectivity index (χ4v) is 3.77. The molecule has 2 N–H and O–H groups in total. The lowest BCUT2D eigenvalue weighted by atomic mass is 9.92. The maximum absolute atomic E-state index is 14.2. The van der Waals surface area contributed by atoms with Gasteiger partial charge in [0.1, 0.15) is 11.6 Å². The molecule has 0 radical (unpaired) electrons. The lowest BCUT2D eigenvalue weighted by Gasteiger charge is -2.25. The van der Waals surface area contributed by atoms with E-state index in [2.05, 4.69) is 36.3 Å². The molecule has 0 saturated heterocycles. The Morgan fingerprint density at radius 2 is 1.91 bits per heavy atom. The van der Waals surface area contributed by atoms with E-state index in [9.17, 15) is 8.78 Å². The molecule has 1 aliphatic rings. The van der Waals surface area contributed by atoms with E-state index in [0.29, 0.717) is 5.56 Å². The molecule has 1 atom stereocenters. The molecule has 1 aromatic heterocycles. The minimum atomic E-state index is -0.418. The van der Waals surface area contributed by atoms with Gasteiger partial charge in [-0.2, -0.15) is 0 Å². The summed E-state index contributed by atoms with van der Waals surface area (Å²) in [5.74, 6) is -0.804. The van der Waals surface area contributed by atoms with E-state index >= 15 is 0 Å². The number of aromatic amines is 1. The van der Waals surface area contributed by atoms with Crippen molar-refractivity contribution in [2.45, 2.75) is 26.3 Å². The van der Waals surface area contributed by atoms with Gasteiger partial charge in [0.15, 0.2) is 0 Å². The molecule has 3 aromatic rings. The third-order valence-corrected chi connectivity index (χ3v) is 4.66. The number of rotatable bonds is 1. The molecule has 1 aliphatic heterocycles. The van der Waals surface area contributed by atoms with Crippen molar-refractivity contribution in [2.24, 2.45) is 0 Å². The number of fused-ring (bicyclic) bond motifs is 3. The fraction of sp³-hybridized carbons (Fsp3) is 0.263. The van der Waals surface area contributed by atoms with Gasteiger partial charge in [-0.1, -0.05) is 6.07 Å². The summed E-state index contributed by atoms with van der Waals surface area (Å²) >= 11 is 0. The van der Waals surface area contributed by atoms with Crippen LogP contribution in [0.4, 0.5) is 8.78 Å². The van der Waals surface area contributed by atoms with E-state index < -0.39 is 5.82 Å². The molecule has 0 amide bonds. The molecule has 0 bridgehead atoms. The number of nitrogens with one attached hydrogen (secondary N) is 2. The summed E-state index contributed by atoms with van der Waals surface area (Å²) in [6, 6.07) is 7.56. The monoisotopic (exact) mass is 312 g/mol. The van der Waals surface area contributed by atoms with E-state index in [4.69, 9.17) is 0 Å². The van der Waals surface area contributed by atoms with Crippen molar-refractivity contribution in [3.05, 3.63) is 69.9 Å². The van der Waals surface area contributed by atoms with Crippen molar-refractivity contribution in [3.8, 4) is 0 Å². The van der Waals surface area contributed by atoms with Gasteiger partial charge in [0.2, 0.25) is 0 Å². The number of hydrogen-bond donors (Lipinski definition) is 2. The second kappa shape index (κ2) is 5.17. The van der Waals surface area contributed by atoms with Crippen molar-refractivity contribution < 1.29 is 8.78 Å². The number of aromatic nitrogens is 1. The van der Waals surface area contributed by atoms with Gasteiger partial charge < -0.3 is 10.3 Å². The molecule has 2 aromatic carbocycles. The first-order valence-corrected chi connectivity index (χ1v) is 7.84. The van der Waals surface area contributed by atoms with Crippen LogP contribution in [0.15, 0.2) is 30.3 Å². The van der Waals surface area contributed by atoms with Gasteiger partial charge in [-0.15, -0.1) is 0 Å². The maximum atomic E-state index is 14.2. The first kappa shape index (κ1) is 14.4. The Labute approximate surface area is 133 Å². The zero-order chi connectivity index (χ0) is 16.1. The second-order valence-corrected chi connectivity index (χ2v) is 6.32. The maximum Gasteiger partial charge on any atom is 0.128 e. The normalized spacial score (nSPS) is 17.5. The predicted octanol–water partition coefficient (Wildman–Crippen LogP) is 4.30. The summed E-state index contributed by atoms with van der Waals surface area (Å²) in [5.41, 5.74) is 5.99. The van der Waals surface area contributed by atoms with Crippen LogP contribution in [0.1, 0.15) is 34.0 Å². The fourth-order valence-electron chi connectivity index (χ4n) is 3.77. The number of benzene rings is 2. The first-order chi connectivity index (χ1) is 11.0. The summed E-state index contributed by atoms with van der Waals surface area (Å²) in [4.78, 5) is 3.44. The highest BCUT2D eigenvalue weighted by atomic mass is 19.1. The predicted molar refractivity (Wildman–Crippen MR) is 87.7 cm³/mol. The third-order valence-electron chi connectivity index (χ3n) is 4.66. The van der Waals surface area contributed by atoms with E-state index in [1.165, 1.54) is 34.2 Å². The van der Waals surface area contributed by atoms with Gasteiger partial charge in [0.05, 0.1) is 6.04 Å². The van der Waals surface area contributed by atoms with E-state index in [0.717, 1.165) is 30.2 Å². The Hall–Kier alpha value is -2.20. The highest BCUT2D eigenvalue weighted by molar-refractivity contribution is 5.89. The van der Waals surface area contributed by atoms with Crippen molar-refractivity contribution in [1.82, 2.24) is 10.3 Å². The molecule has 0 fully saturated rings. The van der Waals surface area contributed by atoms with E-state index in [1.807, 2.05) is 0 Å². The standard InChI is InChI=1S/C19H18F2N2/c1-10-7-11(2)17-13-5-6-22-18(19(13)23-16(17)8-10)14-9-12(20)3-4-15(14)21/h3-4,7-9,18,22-23H,5-6H2,1-2H3. The number of hydrogen-bond acceptors (Lipinski definition) is 1. The van der Waals surface area contributed by atoms with Crippen LogP contribution in [0, 0.1) is 25.5 Å². The summed E-state index contributed by atoms with van der Waals surface area (Å²) in [6.07, 6.45) is 0.882. The summed E-state index contributed by atoms with van der Waals surface area (Å²) in [5, 5.41) is 4.53. The molecular formula is C19H18F2N2. The van der Waals surface area contributed by atoms with Crippen molar-refractivity contribution in [2.75, 3.05) is 6.54 Å². The molecule has 1 unspecified atom stereocenters. The lowest BCUT2D eigenvalue weighted by molar-refractivity contribution is 0.514. The van der Waals surface area contributed by atoms with Crippen LogP contribution in [-0.2, 0) is 6.42 Å². The highest BCUT2D eigenvalue weighted by Gasteiger charge is 2.28. The zero-order valence-corrected chi connectivity index (χ0v) is 13.1. The highest BCUT2D eigenvalue weighted by Crippen LogP contribution is 2.36. The minimum Gasteiger partial charge on any atom is -0.357 e. The van der Waals surface area contributed by atoms with Crippen molar-refractivity contribution >= 4 is 10.9 Å². The molecule has 0 spiro atoms. The second-order valence-electron chi connectivity index (χ2n) is 6.32. The van der Waals surface area contributed by atoms with E-state index in [-0.39, 0.29) is 11.9 Å². The number of H-pyrrole nitrogens is 1. The largest absolute Gasteiger partial charge is 0.357 e. The molecule has 23 heavy (non-hydrogen) atoms. The number of halogens is 2. The zero-order valence-electron chi connectivity index (χ0n) is 13.1. The van der Waals surface area contributed by atoms with Gasteiger partial charge in [-0.05, 0) is 61.2 Å².